The summed E-state index contributed by atoms with van der Waals surface area (Å²) in [7, 11) is 5.63. The Kier molecular flexibility index (Phi) is 7.49. The molecular weight excluding hydrogens is 310 g/mol. The maximum Gasteiger partial charge on any atom is 0.142 e. The SMILES string of the molecule is CCCN(C)Sc1ccc(OC)c(N2CCNCC2COC)c1. The van der Waals surface area contributed by atoms with E-state index in [1.54, 1.807) is 26.2 Å². The van der Waals surface area contributed by atoms with Crippen LogP contribution in [0.5, 0.6) is 5.75 Å². The van der Waals surface area contributed by atoms with E-state index in [2.05, 4.69) is 46.7 Å². The Hall–Kier alpha value is -0.950. The molecule has 0 saturated carbocycles. The molecule has 1 atom stereocenters. The Labute approximate surface area is 144 Å². The molecule has 1 heterocycles. The molecular formula is C17H29N3O2S. The van der Waals surface area contributed by atoms with Gasteiger partial charge in [0.1, 0.15) is 5.75 Å². The molecule has 1 N–H and O–H groups in total. The van der Waals surface area contributed by atoms with E-state index < -0.39 is 0 Å². The fraction of sp³-hybridized carbons (Fsp3) is 0.647. The average Bonchev–Trinajstić information content (AvgIpc) is 2.56. The molecule has 6 heteroatoms. The molecule has 1 aliphatic heterocycles. The summed E-state index contributed by atoms with van der Waals surface area (Å²) in [6, 6.07) is 6.77. The Balaban J connectivity index is 2.23. The van der Waals surface area contributed by atoms with E-state index in [0.717, 1.165) is 44.0 Å². The van der Waals surface area contributed by atoms with Crippen molar-refractivity contribution >= 4 is 17.6 Å². The highest BCUT2D eigenvalue weighted by Crippen LogP contribution is 2.35. The number of methoxy groups -OCH3 is 2. The first-order valence-corrected chi connectivity index (χ1v) is 9.00. The lowest BCUT2D eigenvalue weighted by Gasteiger charge is -2.38. The van der Waals surface area contributed by atoms with Crippen molar-refractivity contribution in [1.29, 1.82) is 0 Å². The Morgan fingerprint density at radius 3 is 2.91 bits per heavy atom. The van der Waals surface area contributed by atoms with Crippen LogP contribution in [0.15, 0.2) is 23.1 Å². The Morgan fingerprint density at radius 2 is 2.22 bits per heavy atom. The maximum absolute atomic E-state index is 5.61. The van der Waals surface area contributed by atoms with E-state index >= 15 is 0 Å². The van der Waals surface area contributed by atoms with Crippen molar-refractivity contribution in [2.24, 2.45) is 0 Å². The molecule has 0 aliphatic carbocycles. The second kappa shape index (κ2) is 9.37. The van der Waals surface area contributed by atoms with Gasteiger partial charge in [0.05, 0.1) is 25.4 Å². The third-order valence-electron chi connectivity index (χ3n) is 3.97. The smallest absolute Gasteiger partial charge is 0.142 e. The van der Waals surface area contributed by atoms with Gasteiger partial charge < -0.3 is 19.7 Å². The molecule has 1 aromatic carbocycles. The van der Waals surface area contributed by atoms with Crippen molar-refractivity contribution in [3.8, 4) is 5.75 Å². The lowest BCUT2D eigenvalue weighted by atomic mass is 10.1. The van der Waals surface area contributed by atoms with Crippen LogP contribution in [0.2, 0.25) is 0 Å². The van der Waals surface area contributed by atoms with E-state index in [1.807, 2.05) is 0 Å². The van der Waals surface area contributed by atoms with Gasteiger partial charge in [-0.1, -0.05) is 6.92 Å². The van der Waals surface area contributed by atoms with Crippen molar-refractivity contribution in [3.63, 3.8) is 0 Å². The van der Waals surface area contributed by atoms with Crippen molar-refractivity contribution in [1.82, 2.24) is 9.62 Å². The zero-order valence-corrected chi connectivity index (χ0v) is 15.5. The lowest BCUT2D eigenvalue weighted by molar-refractivity contribution is 0.170. The molecule has 2 rings (SSSR count). The van der Waals surface area contributed by atoms with Crippen LogP contribution in [0.4, 0.5) is 5.69 Å². The van der Waals surface area contributed by atoms with Crippen LogP contribution in [-0.2, 0) is 4.74 Å². The van der Waals surface area contributed by atoms with Crippen molar-refractivity contribution in [2.45, 2.75) is 24.3 Å². The zero-order chi connectivity index (χ0) is 16.7. The van der Waals surface area contributed by atoms with Crippen LogP contribution in [0.25, 0.3) is 0 Å². The molecule has 1 fully saturated rings. The largest absolute Gasteiger partial charge is 0.495 e. The fourth-order valence-corrected chi connectivity index (χ4v) is 3.84. The van der Waals surface area contributed by atoms with Gasteiger partial charge >= 0.3 is 0 Å². The van der Waals surface area contributed by atoms with Gasteiger partial charge in [-0.3, -0.25) is 0 Å². The Morgan fingerprint density at radius 1 is 1.39 bits per heavy atom. The summed E-state index contributed by atoms with van der Waals surface area (Å²) in [6.45, 7) is 6.87. The molecule has 5 nitrogen and oxygen atoms in total. The summed E-state index contributed by atoms with van der Waals surface area (Å²) in [5.74, 6) is 0.926. The van der Waals surface area contributed by atoms with E-state index in [9.17, 15) is 0 Å². The van der Waals surface area contributed by atoms with Crippen molar-refractivity contribution < 1.29 is 9.47 Å². The quantitative estimate of drug-likeness (QED) is 0.734. The normalized spacial score (nSPS) is 18.5. The van der Waals surface area contributed by atoms with Gasteiger partial charge in [-0.05, 0) is 43.6 Å². The van der Waals surface area contributed by atoms with Gasteiger partial charge in [0.25, 0.3) is 0 Å². The van der Waals surface area contributed by atoms with Crippen LogP contribution in [0.3, 0.4) is 0 Å². The molecule has 0 radical (unpaired) electrons. The van der Waals surface area contributed by atoms with Crippen LogP contribution >= 0.6 is 11.9 Å². The summed E-state index contributed by atoms with van der Waals surface area (Å²) < 4.78 is 13.3. The predicted octanol–water partition coefficient (Wildman–Crippen LogP) is 2.47. The first kappa shape index (κ1) is 18.4. The van der Waals surface area contributed by atoms with E-state index in [-0.39, 0.29) is 0 Å². The van der Waals surface area contributed by atoms with E-state index in [1.165, 1.54) is 4.90 Å². The highest BCUT2D eigenvalue weighted by atomic mass is 32.2. The van der Waals surface area contributed by atoms with Gasteiger partial charge in [0.2, 0.25) is 0 Å². The first-order valence-electron chi connectivity index (χ1n) is 8.23. The minimum Gasteiger partial charge on any atom is -0.495 e. The maximum atomic E-state index is 5.61. The number of hydrogen-bond acceptors (Lipinski definition) is 6. The van der Waals surface area contributed by atoms with Gasteiger partial charge in [-0.25, -0.2) is 4.31 Å². The second-order valence-corrected chi connectivity index (χ2v) is 7.06. The summed E-state index contributed by atoms with van der Waals surface area (Å²) in [6.07, 6.45) is 1.15. The standard InChI is InChI=1S/C17H29N3O2S/c1-5-9-19(2)23-15-6-7-17(22-4)16(11-15)20-10-8-18-12-14(20)13-21-3/h6-7,11,14,18H,5,8-10,12-13H2,1-4H3. The number of rotatable bonds is 8. The third-order valence-corrected chi connectivity index (χ3v) is 4.93. The van der Waals surface area contributed by atoms with E-state index in [0.29, 0.717) is 12.6 Å². The number of benzene rings is 1. The fourth-order valence-electron chi connectivity index (χ4n) is 2.91. The number of ether oxygens (including phenoxy) is 2. The topological polar surface area (TPSA) is 37.0 Å². The number of nitrogens with zero attached hydrogens (tertiary/aromatic N) is 2. The van der Waals surface area contributed by atoms with Gasteiger partial charge in [-0.15, -0.1) is 0 Å². The van der Waals surface area contributed by atoms with Crippen LogP contribution in [0.1, 0.15) is 13.3 Å². The summed E-state index contributed by atoms with van der Waals surface area (Å²) >= 11 is 1.78. The highest BCUT2D eigenvalue weighted by molar-refractivity contribution is 7.97. The van der Waals surface area contributed by atoms with Gasteiger partial charge in [0, 0.05) is 38.2 Å². The highest BCUT2D eigenvalue weighted by Gasteiger charge is 2.25. The molecule has 1 aliphatic rings. The van der Waals surface area contributed by atoms with Crippen molar-refractivity contribution in [2.75, 3.05) is 59.0 Å². The number of anilines is 1. The van der Waals surface area contributed by atoms with Gasteiger partial charge in [0.15, 0.2) is 0 Å². The van der Waals surface area contributed by atoms with Crippen LogP contribution < -0.4 is 15.0 Å². The van der Waals surface area contributed by atoms with Gasteiger partial charge in [-0.2, -0.15) is 0 Å². The van der Waals surface area contributed by atoms with Crippen molar-refractivity contribution in [3.05, 3.63) is 18.2 Å². The molecule has 0 amide bonds. The molecule has 0 bridgehead atoms. The minimum absolute atomic E-state index is 0.330. The monoisotopic (exact) mass is 339 g/mol. The minimum atomic E-state index is 0.330. The first-order chi connectivity index (χ1) is 11.2. The average molecular weight is 340 g/mol. The molecule has 0 spiro atoms. The number of nitrogens with one attached hydrogen (secondary N) is 1. The van der Waals surface area contributed by atoms with E-state index in [4.69, 9.17) is 9.47 Å². The molecule has 130 valence electrons. The summed E-state index contributed by atoms with van der Waals surface area (Å²) in [5.41, 5.74) is 1.16. The second-order valence-electron chi connectivity index (χ2n) is 5.78. The molecule has 23 heavy (non-hydrogen) atoms. The molecule has 1 aromatic rings. The molecule has 1 unspecified atom stereocenters. The van der Waals surface area contributed by atoms with Crippen LogP contribution in [-0.4, -0.2) is 64.4 Å². The number of piperazine rings is 1. The Bertz CT molecular complexity index is 485. The third kappa shape index (κ3) is 5.01. The number of hydrogen-bond donors (Lipinski definition) is 1. The summed E-state index contributed by atoms with van der Waals surface area (Å²) in [4.78, 5) is 3.65. The van der Waals surface area contributed by atoms with Crippen LogP contribution in [0, 0.1) is 0 Å². The molecule has 0 aromatic heterocycles. The lowest BCUT2D eigenvalue weighted by Crippen LogP contribution is -2.53. The predicted molar refractivity (Wildman–Crippen MR) is 97.7 cm³/mol. The zero-order valence-electron chi connectivity index (χ0n) is 14.7. The summed E-state index contributed by atoms with van der Waals surface area (Å²) in [5, 5.41) is 3.44. The molecule has 1 saturated heterocycles.